The molecule has 1 aliphatic heterocycles. The summed E-state index contributed by atoms with van der Waals surface area (Å²) in [5, 5.41) is 3.86. The van der Waals surface area contributed by atoms with E-state index in [0.29, 0.717) is 11.1 Å². The van der Waals surface area contributed by atoms with E-state index in [1.165, 1.54) is 6.42 Å². The van der Waals surface area contributed by atoms with Gasteiger partial charge in [0.25, 0.3) is 0 Å². The van der Waals surface area contributed by atoms with E-state index in [9.17, 15) is 0 Å². The Morgan fingerprint density at radius 1 is 1.67 bits per heavy atom. The lowest BCUT2D eigenvalue weighted by atomic mass is 10.1. The third-order valence-corrected chi connectivity index (χ3v) is 3.03. The van der Waals surface area contributed by atoms with E-state index in [1.807, 2.05) is 13.0 Å². The molecule has 15 heavy (non-hydrogen) atoms. The lowest BCUT2D eigenvalue weighted by molar-refractivity contribution is 0.259. The van der Waals surface area contributed by atoms with Crippen LogP contribution in [0.3, 0.4) is 0 Å². The van der Waals surface area contributed by atoms with E-state index >= 15 is 0 Å². The van der Waals surface area contributed by atoms with Gasteiger partial charge in [-0.1, -0.05) is 11.6 Å². The van der Waals surface area contributed by atoms with Gasteiger partial charge in [0.05, 0.1) is 12.8 Å². The fourth-order valence-corrected chi connectivity index (χ4v) is 1.79. The van der Waals surface area contributed by atoms with Gasteiger partial charge in [0.15, 0.2) is 0 Å². The van der Waals surface area contributed by atoms with Crippen molar-refractivity contribution in [1.82, 2.24) is 10.3 Å². The SMILES string of the molecule is Cc1cc(OC[C@@H]2CCNC2)cnc1Cl. The zero-order valence-electron chi connectivity index (χ0n) is 8.79. The quantitative estimate of drug-likeness (QED) is 0.801. The van der Waals surface area contributed by atoms with E-state index in [0.717, 1.165) is 31.0 Å². The normalized spacial score (nSPS) is 20.5. The molecule has 0 bridgehead atoms. The molecule has 1 saturated heterocycles. The second-order valence-electron chi connectivity index (χ2n) is 3.95. The molecule has 2 rings (SSSR count). The van der Waals surface area contributed by atoms with Crippen LogP contribution in [0, 0.1) is 12.8 Å². The number of ether oxygens (including phenoxy) is 1. The Kier molecular flexibility index (Phi) is 3.44. The van der Waals surface area contributed by atoms with Crippen LogP contribution in [0.5, 0.6) is 5.75 Å². The molecule has 0 radical (unpaired) electrons. The number of nitrogens with zero attached hydrogens (tertiary/aromatic N) is 1. The van der Waals surface area contributed by atoms with Crippen molar-refractivity contribution in [2.75, 3.05) is 19.7 Å². The second-order valence-corrected chi connectivity index (χ2v) is 4.31. The van der Waals surface area contributed by atoms with Crippen molar-refractivity contribution in [3.05, 3.63) is 23.0 Å². The first kappa shape index (κ1) is 10.7. The number of halogens is 1. The molecular weight excluding hydrogens is 212 g/mol. The molecule has 0 aliphatic carbocycles. The van der Waals surface area contributed by atoms with Crippen LogP contribution < -0.4 is 10.1 Å². The number of hydrogen-bond acceptors (Lipinski definition) is 3. The van der Waals surface area contributed by atoms with Crippen molar-refractivity contribution in [3.63, 3.8) is 0 Å². The third kappa shape index (κ3) is 2.83. The highest BCUT2D eigenvalue weighted by molar-refractivity contribution is 6.30. The predicted octanol–water partition coefficient (Wildman–Crippen LogP) is 2.03. The highest BCUT2D eigenvalue weighted by Crippen LogP contribution is 2.19. The molecule has 1 atom stereocenters. The first-order valence-corrected chi connectivity index (χ1v) is 5.59. The zero-order valence-corrected chi connectivity index (χ0v) is 9.55. The molecule has 0 amide bonds. The average Bonchev–Trinajstić information content (AvgIpc) is 2.73. The van der Waals surface area contributed by atoms with Crippen molar-refractivity contribution in [2.45, 2.75) is 13.3 Å². The fourth-order valence-electron chi connectivity index (χ4n) is 1.68. The van der Waals surface area contributed by atoms with Crippen molar-refractivity contribution < 1.29 is 4.74 Å². The van der Waals surface area contributed by atoms with E-state index in [4.69, 9.17) is 16.3 Å². The van der Waals surface area contributed by atoms with Crippen LogP contribution in [-0.4, -0.2) is 24.7 Å². The maximum atomic E-state index is 5.83. The molecule has 0 aromatic carbocycles. The Hall–Kier alpha value is -0.800. The summed E-state index contributed by atoms with van der Waals surface area (Å²) in [4.78, 5) is 4.05. The van der Waals surface area contributed by atoms with E-state index < -0.39 is 0 Å². The molecule has 1 aromatic heterocycles. The van der Waals surface area contributed by atoms with Crippen LogP contribution in [0.25, 0.3) is 0 Å². The maximum Gasteiger partial charge on any atom is 0.137 e. The van der Waals surface area contributed by atoms with Gasteiger partial charge < -0.3 is 10.1 Å². The molecule has 3 nitrogen and oxygen atoms in total. The van der Waals surface area contributed by atoms with Gasteiger partial charge in [0.2, 0.25) is 0 Å². The van der Waals surface area contributed by atoms with Crippen LogP contribution >= 0.6 is 11.6 Å². The van der Waals surface area contributed by atoms with Crippen molar-refractivity contribution >= 4 is 11.6 Å². The van der Waals surface area contributed by atoms with Gasteiger partial charge in [-0.15, -0.1) is 0 Å². The molecule has 82 valence electrons. The van der Waals surface area contributed by atoms with Gasteiger partial charge in [0, 0.05) is 12.5 Å². The number of rotatable bonds is 3. The lowest BCUT2D eigenvalue weighted by Crippen LogP contribution is -2.15. The molecule has 1 aliphatic rings. The number of aryl methyl sites for hydroxylation is 1. The Morgan fingerprint density at radius 3 is 3.20 bits per heavy atom. The number of hydrogen-bond donors (Lipinski definition) is 1. The summed E-state index contributed by atoms with van der Waals surface area (Å²) >= 11 is 5.83. The van der Waals surface area contributed by atoms with E-state index in [1.54, 1.807) is 6.20 Å². The number of nitrogens with one attached hydrogen (secondary N) is 1. The Bertz CT molecular complexity index is 337. The van der Waals surface area contributed by atoms with Crippen LogP contribution in [0.2, 0.25) is 5.15 Å². The minimum absolute atomic E-state index is 0.546. The number of pyridine rings is 1. The molecule has 2 heterocycles. The molecule has 1 fully saturated rings. The summed E-state index contributed by atoms with van der Waals surface area (Å²) in [7, 11) is 0. The third-order valence-electron chi connectivity index (χ3n) is 2.64. The summed E-state index contributed by atoms with van der Waals surface area (Å²) in [5.74, 6) is 1.43. The van der Waals surface area contributed by atoms with Gasteiger partial charge in [-0.05, 0) is 31.5 Å². The summed E-state index contributed by atoms with van der Waals surface area (Å²) in [6, 6.07) is 1.93. The van der Waals surface area contributed by atoms with Gasteiger partial charge in [-0.3, -0.25) is 0 Å². The second kappa shape index (κ2) is 4.81. The molecule has 0 unspecified atom stereocenters. The smallest absolute Gasteiger partial charge is 0.137 e. The van der Waals surface area contributed by atoms with Crippen LogP contribution in [-0.2, 0) is 0 Å². The Morgan fingerprint density at radius 2 is 2.53 bits per heavy atom. The van der Waals surface area contributed by atoms with Gasteiger partial charge >= 0.3 is 0 Å². The summed E-state index contributed by atoms with van der Waals surface area (Å²) in [6.07, 6.45) is 2.87. The molecule has 4 heteroatoms. The van der Waals surface area contributed by atoms with Crippen LogP contribution in [0.1, 0.15) is 12.0 Å². The lowest BCUT2D eigenvalue weighted by Gasteiger charge is -2.11. The minimum Gasteiger partial charge on any atom is -0.492 e. The van der Waals surface area contributed by atoms with Crippen molar-refractivity contribution in [2.24, 2.45) is 5.92 Å². The first-order chi connectivity index (χ1) is 7.25. The largest absolute Gasteiger partial charge is 0.492 e. The van der Waals surface area contributed by atoms with Gasteiger partial charge in [-0.2, -0.15) is 0 Å². The van der Waals surface area contributed by atoms with Gasteiger partial charge in [-0.25, -0.2) is 4.98 Å². The monoisotopic (exact) mass is 226 g/mol. The average molecular weight is 227 g/mol. The van der Waals surface area contributed by atoms with E-state index in [2.05, 4.69) is 10.3 Å². The molecule has 1 N–H and O–H groups in total. The predicted molar refractivity (Wildman–Crippen MR) is 60.5 cm³/mol. The van der Waals surface area contributed by atoms with E-state index in [-0.39, 0.29) is 0 Å². The summed E-state index contributed by atoms with van der Waals surface area (Å²) < 4.78 is 5.66. The highest BCUT2D eigenvalue weighted by atomic mass is 35.5. The molecule has 0 spiro atoms. The molecule has 0 saturated carbocycles. The van der Waals surface area contributed by atoms with Crippen molar-refractivity contribution in [1.29, 1.82) is 0 Å². The fraction of sp³-hybridized carbons (Fsp3) is 0.545. The molecular formula is C11H15ClN2O. The standard InChI is InChI=1S/C11H15ClN2O/c1-8-4-10(6-14-11(8)12)15-7-9-2-3-13-5-9/h4,6,9,13H,2-3,5,7H2,1H3/t9-/m1/s1. The van der Waals surface area contributed by atoms with Crippen LogP contribution in [0.15, 0.2) is 12.3 Å². The minimum atomic E-state index is 0.546. The number of aromatic nitrogens is 1. The zero-order chi connectivity index (χ0) is 10.7. The Labute approximate surface area is 94.8 Å². The molecule has 1 aromatic rings. The van der Waals surface area contributed by atoms with Gasteiger partial charge in [0.1, 0.15) is 10.9 Å². The topological polar surface area (TPSA) is 34.1 Å². The Balaban J connectivity index is 1.90. The maximum absolute atomic E-state index is 5.83. The summed E-state index contributed by atoms with van der Waals surface area (Å²) in [5.41, 5.74) is 0.957. The highest BCUT2D eigenvalue weighted by Gasteiger charge is 2.14. The first-order valence-electron chi connectivity index (χ1n) is 5.21. The van der Waals surface area contributed by atoms with Crippen molar-refractivity contribution in [3.8, 4) is 5.75 Å². The van der Waals surface area contributed by atoms with Crippen LogP contribution in [0.4, 0.5) is 0 Å². The summed E-state index contributed by atoms with van der Waals surface area (Å²) in [6.45, 7) is 4.85.